The molecule has 8 heteroatoms. The Balaban J connectivity index is 1.64. The summed E-state index contributed by atoms with van der Waals surface area (Å²) in [5.74, 6) is 0.615. The number of thiophene rings is 1. The van der Waals surface area contributed by atoms with Crippen molar-refractivity contribution < 1.29 is 4.74 Å². The maximum Gasteiger partial charge on any atom is 0.267 e. The van der Waals surface area contributed by atoms with Gasteiger partial charge in [-0.15, -0.1) is 11.3 Å². The zero-order valence-electron chi connectivity index (χ0n) is 18.2. The lowest BCUT2D eigenvalue weighted by Gasteiger charge is -2.32. The third-order valence-electron chi connectivity index (χ3n) is 6.09. The smallest absolute Gasteiger partial charge is 0.267 e. The van der Waals surface area contributed by atoms with E-state index in [1.165, 1.54) is 11.8 Å². The first-order chi connectivity index (χ1) is 15.9. The Morgan fingerprint density at radius 1 is 1.18 bits per heavy atom. The molecule has 0 bridgehead atoms. The number of rotatable bonds is 5. The molecule has 1 aliphatic heterocycles. The van der Waals surface area contributed by atoms with Gasteiger partial charge in [0.1, 0.15) is 4.83 Å². The second-order valence-electron chi connectivity index (χ2n) is 8.36. The molecule has 4 nitrogen and oxygen atoms in total. The molecule has 1 aliphatic rings. The van der Waals surface area contributed by atoms with E-state index in [0.717, 1.165) is 44.7 Å². The molecule has 0 aliphatic carbocycles. The lowest BCUT2D eigenvalue weighted by molar-refractivity contribution is -0.0543. The van der Waals surface area contributed by atoms with Crippen molar-refractivity contribution in [2.45, 2.75) is 49.8 Å². The maximum absolute atomic E-state index is 13.9. The van der Waals surface area contributed by atoms with Crippen LogP contribution in [0.15, 0.2) is 58.5 Å². The van der Waals surface area contributed by atoms with Crippen LogP contribution in [0, 0.1) is 0 Å². The highest BCUT2D eigenvalue weighted by Crippen LogP contribution is 2.39. The lowest BCUT2D eigenvalue weighted by atomic mass is 9.90. The summed E-state index contributed by atoms with van der Waals surface area (Å²) in [4.78, 5) is 20.8. The van der Waals surface area contributed by atoms with Crippen LogP contribution in [0.1, 0.15) is 36.3 Å². The minimum Gasteiger partial charge on any atom is -0.369 e. The monoisotopic (exact) mass is 516 g/mol. The zero-order valence-corrected chi connectivity index (χ0v) is 21.4. The van der Waals surface area contributed by atoms with E-state index in [1.54, 1.807) is 22.0 Å². The van der Waals surface area contributed by atoms with E-state index >= 15 is 0 Å². The number of halogens is 2. The number of ether oxygens (including phenoxy) is 1. The summed E-state index contributed by atoms with van der Waals surface area (Å²) >= 11 is 15.3. The van der Waals surface area contributed by atoms with Crippen LogP contribution < -0.4 is 5.56 Å². The van der Waals surface area contributed by atoms with Crippen molar-refractivity contribution in [2.24, 2.45) is 0 Å². The summed E-state index contributed by atoms with van der Waals surface area (Å²) in [7, 11) is 0. The van der Waals surface area contributed by atoms with Gasteiger partial charge in [-0.05, 0) is 48.7 Å². The molecule has 2 aromatic heterocycles. The molecular formula is C25H22Cl2N2O2S2. The van der Waals surface area contributed by atoms with Gasteiger partial charge >= 0.3 is 0 Å². The van der Waals surface area contributed by atoms with Gasteiger partial charge in [-0.25, -0.2) is 4.98 Å². The second-order valence-corrected chi connectivity index (χ2v) is 11.2. The van der Waals surface area contributed by atoms with Gasteiger partial charge < -0.3 is 4.74 Å². The Morgan fingerprint density at radius 3 is 2.70 bits per heavy atom. The van der Waals surface area contributed by atoms with E-state index in [2.05, 4.69) is 13.8 Å². The largest absolute Gasteiger partial charge is 0.369 e. The Morgan fingerprint density at radius 2 is 1.97 bits per heavy atom. The van der Waals surface area contributed by atoms with E-state index in [4.69, 9.17) is 32.9 Å². The van der Waals surface area contributed by atoms with E-state index < -0.39 is 0 Å². The normalized spacial score (nSPS) is 17.9. The molecule has 3 heterocycles. The van der Waals surface area contributed by atoms with Crippen molar-refractivity contribution in [1.82, 2.24) is 9.55 Å². The molecular weight excluding hydrogens is 495 g/mol. The first-order valence-electron chi connectivity index (χ1n) is 10.7. The van der Waals surface area contributed by atoms with Crippen molar-refractivity contribution in [3.63, 3.8) is 0 Å². The fraction of sp³-hybridized carbons (Fsp3) is 0.280. The van der Waals surface area contributed by atoms with Crippen LogP contribution in [0.4, 0.5) is 0 Å². The molecule has 0 amide bonds. The minimum absolute atomic E-state index is 0.0271. The lowest BCUT2D eigenvalue weighted by Crippen LogP contribution is -2.34. The van der Waals surface area contributed by atoms with Crippen LogP contribution >= 0.6 is 46.3 Å². The minimum atomic E-state index is -0.258. The predicted octanol–water partition coefficient (Wildman–Crippen LogP) is 7.29. The van der Waals surface area contributed by atoms with Crippen molar-refractivity contribution in [3.05, 3.63) is 84.9 Å². The topological polar surface area (TPSA) is 44.1 Å². The van der Waals surface area contributed by atoms with Gasteiger partial charge in [0.2, 0.25) is 0 Å². The second kappa shape index (κ2) is 9.08. The molecule has 0 N–H and O–H groups in total. The summed E-state index contributed by atoms with van der Waals surface area (Å²) in [5.41, 5.74) is 2.63. The molecule has 0 saturated heterocycles. The molecule has 33 heavy (non-hydrogen) atoms. The third kappa shape index (κ3) is 4.35. The fourth-order valence-corrected chi connectivity index (χ4v) is 6.43. The average molecular weight is 518 g/mol. The predicted molar refractivity (Wildman–Crippen MR) is 138 cm³/mol. The van der Waals surface area contributed by atoms with Crippen LogP contribution in [0.2, 0.25) is 10.0 Å². The number of para-hydroxylation sites is 1. The quantitative estimate of drug-likeness (QED) is 0.206. The molecule has 170 valence electrons. The van der Waals surface area contributed by atoms with Crippen LogP contribution in [-0.2, 0) is 23.5 Å². The van der Waals surface area contributed by atoms with Crippen molar-refractivity contribution in [1.29, 1.82) is 0 Å². The van der Waals surface area contributed by atoms with Crippen molar-refractivity contribution in [2.75, 3.05) is 0 Å². The van der Waals surface area contributed by atoms with Gasteiger partial charge in [0, 0.05) is 17.1 Å². The molecule has 0 spiro atoms. The van der Waals surface area contributed by atoms with Crippen LogP contribution in [0.3, 0.4) is 0 Å². The average Bonchev–Trinajstić information content (AvgIpc) is 3.18. The van der Waals surface area contributed by atoms with Gasteiger partial charge in [-0.1, -0.05) is 66.2 Å². The summed E-state index contributed by atoms with van der Waals surface area (Å²) in [5, 5.41) is 2.42. The molecule has 0 fully saturated rings. The molecule has 1 unspecified atom stereocenters. The van der Waals surface area contributed by atoms with Crippen molar-refractivity contribution >= 4 is 56.5 Å². The number of benzene rings is 2. The molecule has 0 saturated carbocycles. The van der Waals surface area contributed by atoms with Gasteiger partial charge in [0.05, 0.1) is 33.3 Å². The Bertz CT molecular complexity index is 1400. The Hall–Kier alpha value is -1.83. The van der Waals surface area contributed by atoms with E-state index in [-0.39, 0.29) is 11.2 Å². The van der Waals surface area contributed by atoms with E-state index in [9.17, 15) is 4.79 Å². The Kier molecular flexibility index (Phi) is 6.31. The molecule has 2 aromatic carbocycles. The third-order valence-corrected chi connectivity index (χ3v) is 8.94. The summed E-state index contributed by atoms with van der Waals surface area (Å²) < 4.78 is 7.86. The number of nitrogens with zero attached hydrogens (tertiary/aromatic N) is 2. The van der Waals surface area contributed by atoms with Gasteiger partial charge in [0.15, 0.2) is 5.16 Å². The number of aromatic nitrogens is 2. The highest BCUT2D eigenvalue weighted by molar-refractivity contribution is 7.98. The van der Waals surface area contributed by atoms with Gasteiger partial charge in [-0.3, -0.25) is 9.36 Å². The van der Waals surface area contributed by atoms with Crippen LogP contribution in [0.25, 0.3) is 15.9 Å². The highest BCUT2D eigenvalue weighted by atomic mass is 35.5. The zero-order chi connectivity index (χ0) is 23.2. The van der Waals surface area contributed by atoms with Gasteiger partial charge in [-0.2, -0.15) is 0 Å². The van der Waals surface area contributed by atoms with Crippen molar-refractivity contribution in [3.8, 4) is 5.69 Å². The van der Waals surface area contributed by atoms with E-state index in [1.807, 2.05) is 42.5 Å². The first-order valence-corrected chi connectivity index (χ1v) is 13.3. The van der Waals surface area contributed by atoms with Gasteiger partial charge in [0.25, 0.3) is 5.56 Å². The number of hydrogen-bond donors (Lipinski definition) is 0. The molecule has 5 rings (SSSR count). The SMILES string of the molecule is CCC1(C)Cc2c(sc3nc(SCc4ccc(Cl)c(Cl)c4)n(-c4ccccc4)c(=O)c23)CO1. The molecule has 1 atom stereocenters. The summed E-state index contributed by atoms with van der Waals surface area (Å²) in [6.07, 6.45) is 1.61. The number of thioether (sulfide) groups is 1. The number of fused-ring (bicyclic) bond motifs is 3. The number of hydrogen-bond acceptors (Lipinski definition) is 5. The fourth-order valence-electron chi connectivity index (χ4n) is 4.01. The van der Waals surface area contributed by atoms with Crippen LogP contribution in [0.5, 0.6) is 0 Å². The summed E-state index contributed by atoms with van der Waals surface area (Å²) in [6.45, 7) is 4.76. The molecule has 4 aromatic rings. The maximum atomic E-state index is 13.9. The summed E-state index contributed by atoms with van der Waals surface area (Å²) in [6, 6.07) is 15.3. The standard InChI is InChI=1S/C25H22Cl2N2O2S2/c1-3-25(2)12-17-20(13-31-25)33-22-21(17)23(30)29(16-7-5-4-6-8-16)24(28-22)32-14-15-9-10-18(26)19(27)11-15/h4-11H,3,12-14H2,1-2H3. The van der Waals surface area contributed by atoms with Crippen LogP contribution in [-0.4, -0.2) is 15.2 Å². The molecule has 0 radical (unpaired) electrons. The first kappa shape index (κ1) is 22.9. The highest BCUT2D eigenvalue weighted by Gasteiger charge is 2.33. The Labute approximate surface area is 210 Å². The van der Waals surface area contributed by atoms with E-state index in [0.29, 0.717) is 27.6 Å².